The van der Waals surface area contributed by atoms with Crippen molar-refractivity contribution < 1.29 is 17.6 Å². The van der Waals surface area contributed by atoms with Gasteiger partial charge in [0, 0.05) is 6.92 Å². The lowest BCUT2D eigenvalue weighted by molar-refractivity contribution is 0.105. The van der Waals surface area contributed by atoms with Crippen LogP contribution in [0.4, 0.5) is 17.6 Å². The standard InChI is InChI=1S/C10H14F2Si.C8H11ClSi.C2H3F2I/c1-10(11,12)13(2,3)9-7-5-4-6-8-9;1-10(2,9)8-6-4-3-5-7-8;1-2(3,4)5/h4-8H,1-3H3;3-7H,1-2H3;1H3. The van der Waals surface area contributed by atoms with E-state index >= 15 is 0 Å². The van der Waals surface area contributed by atoms with E-state index in [0.717, 1.165) is 41.6 Å². The first-order valence-electron chi connectivity index (χ1n) is 8.71. The summed E-state index contributed by atoms with van der Waals surface area (Å²) in [7, 11) is -4.18. The average molecular weight is 563 g/mol. The van der Waals surface area contributed by atoms with Gasteiger partial charge in [0.05, 0.1) is 0 Å². The molecule has 0 aliphatic carbocycles. The van der Waals surface area contributed by atoms with Gasteiger partial charge in [-0.1, -0.05) is 92.0 Å². The van der Waals surface area contributed by atoms with E-state index in [1.807, 2.05) is 36.4 Å². The Morgan fingerprint density at radius 3 is 1.21 bits per heavy atom. The van der Waals surface area contributed by atoms with Crippen molar-refractivity contribution in [1.82, 2.24) is 0 Å². The SMILES string of the molecule is CC(F)(F)I.CC(F)(F)[Si](C)(C)c1ccccc1.C[Si](C)(Cl)c1ccccc1. The lowest BCUT2D eigenvalue weighted by Crippen LogP contribution is -2.55. The monoisotopic (exact) mass is 562 g/mol. The number of alkyl halides is 5. The van der Waals surface area contributed by atoms with Crippen molar-refractivity contribution in [2.45, 2.75) is 49.5 Å². The number of hydrogen-bond acceptors (Lipinski definition) is 0. The maximum atomic E-state index is 13.2. The maximum absolute atomic E-state index is 13.2. The van der Waals surface area contributed by atoms with E-state index in [9.17, 15) is 17.6 Å². The van der Waals surface area contributed by atoms with Crippen molar-refractivity contribution in [2.24, 2.45) is 0 Å². The van der Waals surface area contributed by atoms with E-state index in [0.29, 0.717) is 0 Å². The van der Waals surface area contributed by atoms with Gasteiger partial charge in [0.1, 0.15) is 0 Å². The molecule has 0 amide bonds. The van der Waals surface area contributed by atoms with Gasteiger partial charge in [0.15, 0.2) is 15.5 Å². The molecule has 158 valence electrons. The minimum absolute atomic E-state index is 0.808. The predicted octanol–water partition coefficient (Wildman–Crippen LogP) is 7.17. The fraction of sp³-hybridized carbons (Fsp3) is 0.400. The Bertz CT molecular complexity index is 673. The van der Waals surface area contributed by atoms with Gasteiger partial charge in [0.25, 0.3) is 3.93 Å². The van der Waals surface area contributed by atoms with Crippen molar-refractivity contribution in [3.63, 3.8) is 0 Å². The van der Waals surface area contributed by atoms with E-state index in [1.54, 1.807) is 25.2 Å². The quantitative estimate of drug-likeness (QED) is 0.122. The normalized spacial score (nSPS) is 12.3. The third kappa shape index (κ3) is 11.6. The highest BCUT2D eigenvalue weighted by molar-refractivity contribution is 14.1. The van der Waals surface area contributed by atoms with Crippen LogP contribution in [0.1, 0.15) is 13.8 Å². The molecular weight excluding hydrogens is 535 g/mol. The number of rotatable bonds is 3. The van der Waals surface area contributed by atoms with E-state index < -0.39 is 24.9 Å². The molecule has 0 nitrogen and oxygen atoms in total. The summed E-state index contributed by atoms with van der Waals surface area (Å²) in [5.41, 5.74) is -2.56. The molecule has 0 fully saturated rings. The first-order chi connectivity index (χ1) is 12.5. The average Bonchev–Trinajstić information content (AvgIpc) is 2.54. The van der Waals surface area contributed by atoms with E-state index in [-0.39, 0.29) is 0 Å². The highest BCUT2D eigenvalue weighted by Crippen LogP contribution is 2.25. The van der Waals surface area contributed by atoms with Crippen LogP contribution in [0, 0.1) is 0 Å². The molecule has 0 heterocycles. The zero-order valence-electron chi connectivity index (χ0n) is 17.0. The Morgan fingerprint density at radius 2 is 1.00 bits per heavy atom. The fourth-order valence-corrected chi connectivity index (χ4v) is 4.84. The van der Waals surface area contributed by atoms with Gasteiger partial charge < -0.3 is 0 Å². The molecule has 0 aliphatic heterocycles. The van der Waals surface area contributed by atoms with Gasteiger partial charge in [-0.3, -0.25) is 0 Å². The molecule has 0 N–H and O–H groups in total. The van der Waals surface area contributed by atoms with Crippen molar-refractivity contribution >= 4 is 59.5 Å². The molecule has 0 bridgehead atoms. The van der Waals surface area contributed by atoms with Crippen LogP contribution in [-0.2, 0) is 0 Å². The van der Waals surface area contributed by atoms with E-state index in [4.69, 9.17) is 11.1 Å². The molecule has 2 aromatic carbocycles. The van der Waals surface area contributed by atoms with Crippen molar-refractivity contribution in [2.75, 3.05) is 0 Å². The van der Waals surface area contributed by atoms with Gasteiger partial charge in [-0.25, -0.2) is 8.78 Å². The molecule has 28 heavy (non-hydrogen) atoms. The van der Waals surface area contributed by atoms with Crippen LogP contribution in [-0.4, -0.2) is 24.9 Å². The molecule has 0 saturated carbocycles. The van der Waals surface area contributed by atoms with Gasteiger partial charge in [-0.05, 0) is 34.7 Å². The highest BCUT2D eigenvalue weighted by Gasteiger charge is 2.45. The molecule has 0 unspecified atom stereocenters. The zero-order valence-corrected chi connectivity index (χ0v) is 22.0. The summed E-state index contributed by atoms with van der Waals surface area (Å²) in [4.78, 5) is 0. The van der Waals surface area contributed by atoms with Crippen LogP contribution in [0.3, 0.4) is 0 Å². The summed E-state index contributed by atoms with van der Waals surface area (Å²) < 4.78 is 46.0. The molecule has 2 aromatic rings. The van der Waals surface area contributed by atoms with Gasteiger partial charge >= 0.3 is 0 Å². The number of halogens is 6. The van der Waals surface area contributed by atoms with Crippen LogP contribution in [0.5, 0.6) is 0 Å². The summed E-state index contributed by atoms with van der Waals surface area (Å²) >= 11 is 7.24. The molecule has 0 aliphatic rings. The van der Waals surface area contributed by atoms with Crippen molar-refractivity contribution in [3.05, 3.63) is 60.7 Å². The molecule has 0 atom stereocenters. The van der Waals surface area contributed by atoms with E-state index in [1.165, 1.54) is 5.19 Å². The Hall–Kier alpha value is -0.386. The summed E-state index contributed by atoms with van der Waals surface area (Å²) in [6.07, 6.45) is 0. The second-order valence-electron chi connectivity index (χ2n) is 7.50. The minimum atomic E-state index is -2.61. The summed E-state index contributed by atoms with van der Waals surface area (Å²) in [5.74, 6) is 0. The molecule has 0 spiro atoms. The van der Waals surface area contributed by atoms with Crippen LogP contribution >= 0.6 is 33.7 Å². The molecule has 2 rings (SSSR count). The molecule has 0 radical (unpaired) electrons. The zero-order chi connectivity index (χ0) is 22.2. The number of benzene rings is 2. The summed E-state index contributed by atoms with van der Waals surface area (Å²) in [6.45, 7) is 9.51. The summed E-state index contributed by atoms with van der Waals surface area (Å²) in [6, 6.07) is 19.3. The summed E-state index contributed by atoms with van der Waals surface area (Å²) in [5, 5.41) is 2.11. The Labute approximate surface area is 186 Å². The lowest BCUT2D eigenvalue weighted by Gasteiger charge is -2.29. The Balaban J connectivity index is 0.000000431. The first kappa shape index (κ1) is 27.6. The van der Waals surface area contributed by atoms with Crippen LogP contribution in [0.25, 0.3) is 0 Å². The van der Waals surface area contributed by atoms with Crippen molar-refractivity contribution in [3.8, 4) is 0 Å². The number of hydrogen-bond donors (Lipinski definition) is 0. The highest BCUT2D eigenvalue weighted by atomic mass is 127. The second kappa shape index (κ2) is 11.1. The topological polar surface area (TPSA) is 0 Å². The lowest BCUT2D eigenvalue weighted by atomic mass is 10.4. The smallest absolute Gasteiger partial charge is 0.212 e. The van der Waals surface area contributed by atoms with Gasteiger partial charge in [0.2, 0.25) is 5.55 Å². The second-order valence-corrected chi connectivity index (χ2v) is 20.5. The van der Waals surface area contributed by atoms with Crippen molar-refractivity contribution in [1.29, 1.82) is 0 Å². The maximum Gasteiger partial charge on any atom is 0.293 e. The van der Waals surface area contributed by atoms with Crippen LogP contribution in [0.15, 0.2) is 60.7 Å². The third-order valence-corrected chi connectivity index (χ3v) is 10.4. The van der Waals surface area contributed by atoms with Crippen LogP contribution < -0.4 is 10.4 Å². The largest absolute Gasteiger partial charge is 0.293 e. The minimum Gasteiger partial charge on any atom is -0.212 e. The third-order valence-electron chi connectivity index (χ3n) is 4.05. The molecule has 8 heteroatoms. The first-order valence-corrected chi connectivity index (χ1v) is 16.8. The molecule has 0 aromatic heterocycles. The van der Waals surface area contributed by atoms with E-state index in [2.05, 4.69) is 25.2 Å². The Kier molecular flexibility index (Phi) is 11.0. The fourth-order valence-electron chi connectivity index (χ4n) is 1.94. The molecule has 0 saturated heterocycles. The Morgan fingerprint density at radius 1 is 0.714 bits per heavy atom. The molecular formula is C20H28ClF4ISi2. The predicted molar refractivity (Wildman–Crippen MR) is 128 cm³/mol. The van der Waals surface area contributed by atoms with Gasteiger partial charge in [-0.2, -0.15) is 19.9 Å². The van der Waals surface area contributed by atoms with Gasteiger partial charge in [-0.15, -0.1) is 0 Å². The van der Waals surface area contributed by atoms with Crippen LogP contribution in [0.2, 0.25) is 26.2 Å².